The summed E-state index contributed by atoms with van der Waals surface area (Å²) in [6.45, 7) is 1.58. The SMILES string of the molecule is COc1cc(C#N)ccc1OC(=O)COc1ccc(Cl)c(C)c1. The minimum Gasteiger partial charge on any atom is -0.493 e. The van der Waals surface area contributed by atoms with Gasteiger partial charge < -0.3 is 14.2 Å². The number of carbonyl (C=O) groups is 1. The summed E-state index contributed by atoms with van der Waals surface area (Å²) in [4.78, 5) is 11.9. The summed E-state index contributed by atoms with van der Waals surface area (Å²) < 4.78 is 15.7. The Bertz CT molecular complexity index is 768. The van der Waals surface area contributed by atoms with Crippen LogP contribution >= 0.6 is 11.6 Å². The zero-order chi connectivity index (χ0) is 16.8. The summed E-state index contributed by atoms with van der Waals surface area (Å²) >= 11 is 5.92. The number of rotatable bonds is 5. The minimum absolute atomic E-state index is 0.229. The normalized spacial score (nSPS) is 9.83. The number of aryl methyl sites for hydroxylation is 1. The van der Waals surface area contributed by atoms with E-state index < -0.39 is 5.97 Å². The van der Waals surface area contributed by atoms with Crippen molar-refractivity contribution in [1.82, 2.24) is 0 Å². The molecule has 0 fully saturated rings. The van der Waals surface area contributed by atoms with Gasteiger partial charge in [-0.3, -0.25) is 0 Å². The van der Waals surface area contributed by atoms with Crippen molar-refractivity contribution in [2.24, 2.45) is 0 Å². The second-order valence-electron chi connectivity index (χ2n) is 4.65. The fraction of sp³-hybridized carbons (Fsp3) is 0.176. The fourth-order valence-electron chi connectivity index (χ4n) is 1.82. The van der Waals surface area contributed by atoms with E-state index in [0.717, 1.165) is 5.56 Å². The van der Waals surface area contributed by atoms with E-state index in [0.29, 0.717) is 22.1 Å². The van der Waals surface area contributed by atoms with Gasteiger partial charge in [-0.1, -0.05) is 11.6 Å². The molecule has 0 aromatic heterocycles. The average Bonchev–Trinajstić information content (AvgIpc) is 2.56. The van der Waals surface area contributed by atoms with Crippen LogP contribution in [0.25, 0.3) is 0 Å². The summed E-state index contributed by atoms with van der Waals surface area (Å²) in [6.07, 6.45) is 0. The number of nitrogens with zero attached hydrogens (tertiary/aromatic N) is 1. The predicted octanol–water partition coefficient (Wildman–Crippen LogP) is 3.51. The summed E-state index contributed by atoms with van der Waals surface area (Å²) in [7, 11) is 1.43. The number of ether oxygens (including phenoxy) is 3. The van der Waals surface area contributed by atoms with Crippen molar-refractivity contribution < 1.29 is 19.0 Å². The summed E-state index contributed by atoms with van der Waals surface area (Å²) in [5.41, 5.74) is 1.26. The molecule has 0 saturated carbocycles. The predicted molar refractivity (Wildman–Crippen MR) is 85.0 cm³/mol. The molecule has 0 heterocycles. The molecule has 0 amide bonds. The third-order valence-electron chi connectivity index (χ3n) is 3.00. The summed E-state index contributed by atoms with van der Waals surface area (Å²) in [6, 6.07) is 11.6. The Morgan fingerprint density at radius 2 is 2.00 bits per heavy atom. The molecular formula is C17H14ClNO4. The quantitative estimate of drug-likeness (QED) is 0.619. The van der Waals surface area contributed by atoms with Crippen LogP contribution in [-0.4, -0.2) is 19.7 Å². The number of halogens is 1. The van der Waals surface area contributed by atoms with Crippen LogP contribution in [-0.2, 0) is 4.79 Å². The topological polar surface area (TPSA) is 68.5 Å². The first-order chi connectivity index (χ1) is 11.0. The van der Waals surface area contributed by atoms with Crippen LogP contribution in [0.3, 0.4) is 0 Å². The lowest BCUT2D eigenvalue weighted by atomic mass is 10.2. The van der Waals surface area contributed by atoms with Crippen LogP contribution in [0.1, 0.15) is 11.1 Å². The van der Waals surface area contributed by atoms with Crippen molar-refractivity contribution in [3.8, 4) is 23.3 Å². The largest absolute Gasteiger partial charge is 0.493 e. The second kappa shape index (κ2) is 7.52. The number of esters is 1. The Morgan fingerprint density at radius 3 is 2.65 bits per heavy atom. The Balaban J connectivity index is 1.99. The molecule has 0 bridgehead atoms. The number of benzene rings is 2. The smallest absolute Gasteiger partial charge is 0.349 e. The van der Waals surface area contributed by atoms with E-state index in [9.17, 15) is 4.79 Å². The molecule has 0 aliphatic heterocycles. The highest BCUT2D eigenvalue weighted by atomic mass is 35.5. The van der Waals surface area contributed by atoms with Crippen molar-refractivity contribution in [3.63, 3.8) is 0 Å². The molecule has 0 N–H and O–H groups in total. The molecule has 0 spiro atoms. The van der Waals surface area contributed by atoms with Gasteiger partial charge in [-0.15, -0.1) is 0 Å². The number of nitriles is 1. The molecule has 0 aliphatic rings. The third-order valence-corrected chi connectivity index (χ3v) is 3.43. The average molecular weight is 332 g/mol. The lowest BCUT2D eigenvalue weighted by Gasteiger charge is -2.10. The maximum atomic E-state index is 11.9. The first kappa shape index (κ1) is 16.7. The number of carbonyl (C=O) groups excluding carboxylic acids is 1. The first-order valence-corrected chi connectivity index (χ1v) is 7.09. The lowest BCUT2D eigenvalue weighted by molar-refractivity contribution is -0.136. The minimum atomic E-state index is -0.583. The summed E-state index contributed by atoms with van der Waals surface area (Å²) in [5, 5.41) is 9.47. The molecule has 23 heavy (non-hydrogen) atoms. The molecule has 0 saturated heterocycles. The Kier molecular flexibility index (Phi) is 5.45. The van der Waals surface area contributed by atoms with Gasteiger partial charge in [0.05, 0.1) is 18.7 Å². The highest BCUT2D eigenvalue weighted by molar-refractivity contribution is 6.31. The molecule has 118 valence electrons. The molecule has 0 radical (unpaired) electrons. The fourth-order valence-corrected chi connectivity index (χ4v) is 1.94. The monoisotopic (exact) mass is 331 g/mol. The van der Waals surface area contributed by atoms with Gasteiger partial charge in [0.25, 0.3) is 0 Å². The number of hydrogen-bond donors (Lipinski definition) is 0. The van der Waals surface area contributed by atoms with Gasteiger partial charge in [-0.2, -0.15) is 5.26 Å². The van der Waals surface area contributed by atoms with Gasteiger partial charge in [0.1, 0.15) is 5.75 Å². The van der Waals surface area contributed by atoms with Crippen LogP contribution in [0.2, 0.25) is 5.02 Å². The maximum Gasteiger partial charge on any atom is 0.349 e. The van der Waals surface area contributed by atoms with E-state index in [-0.39, 0.29) is 12.4 Å². The Morgan fingerprint density at radius 1 is 1.22 bits per heavy atom. The molecule has 0 atom stereocenters. The number of hydrogen-bond acceptors (Lipinski definition) is 5. The van der Waals surface area contributed by atoms with E-state index in [2.05, 4.69) is 0 Å². The van der Waals surface area contributed by atoms with Gasteiger partial charge in [-0.25, -0.2) is 4.79 Å². The zero-order valence-electron chi connectivity index (χ0n) is 12.6. The highest BCUT2D eigenvalue weighted by Crippen LogP contribution is 2.28. The molecule has 2 rings (SSSR count). The molecule has 2 aromatic carbocycles. The van der Waals surface area contributed by atoms with Gasteiger partial charge in [0.2, 0.25) is 0 Å². The van der Waals surface area contributed by atoms with Crippen molar-refractivity contribution in [3.05, 3.63) is 52.5 Å². The van der Waals surface area contributed by atoms with Crippen LogP contribution < -0.4 is 14.2 Å². The van der Waals surface area contributed by atoms with E-state index in [1.807, 2.05) is 13.0 Å². The first-order valence-electron chi connectivity index (χ1n) is 6.71. The molecule has 2 aromatic rings. The van der Waals surface area contributed by atoms with Crippen LogP contribution in [0.15, 0.2) is 36.4 Å². The second-order valence-corrected chi connectivity index (χ2v) is 5.06. The summed E-state index contributed by atoms with van der Waals surface area (Å²) in [5.74, 6) is 0.475. The van der Waals surface area contributed by atoms with Crippen molar-refractivity contribution in [2.75, 3.05) is 13.7 Å². The molecule has 0 aliphatic carbocycles. The van der Waals surface area contributed by atoms with Gasteiger partial charge in [0, 0.05) is 11.1 Å². The van der Waals surface area contributed by atoms with Gasteiger partial charge >= 0.3 is 5.97 Å². The van der Waals surface area contributed by atoms with Crippen LogP contribution in [0.4, 0.5) is 0 Å². The Hall–Kier alpha value is -2.71. The molecular weight excluding hydrogens is 318 g/mol. The maximum absolute atomic E-state index is 11.9. The van der Waals surface area contributed by atoms with Crippen molar-refractivity contribution >= 4 is 17.6 Å². The lowest BCUT2D eigenvalue weighted by Crippen LogP contribution is -2.18. The molecule has 0 unspecified atom stereocenters. The van der Waals surface area contributed by atoms with Gasteiger partial charge in [-0.05, 0) is 42.8 Å². The molecule has 6 heteroatoms. The highest BCUT2D eigenvalue weighted by Gasteiger charge is 2.12. The standard InChI is InChI=1S/C17H14ClNO4/c1-11-7-13(4-5-14(11)18)22-10-17(20)23-15-6-3-12(9-19)8-16(15)21-2/h3-8H,10H2,1-2H3. The molecule has 5 nitrogen and oxygen atoms in total. The third kappa shape index (κ3) is 4.38. The van der Waals surface area contributed by atoms with E-state index in [1.54, 1.807) is 18.2 Å². The van der Waals surface area contributed by atoms with E-state index in [4.69, 9.17) is 31.1 Å². The van der Waals surface area contributed by atoms with E-state index in [1.165, 1.54) is 25.3 Å². The van der Waals surface area contributed by atoms with Crippen molar-refractivity contribution in [1.29, 1.82) is 5.26 Å². The Labute approximate surface area is 139 Å². The number of methoxy groups -OCH3 is 1. The zero-order valence-corrected chi connectivity index (χ0v) is 13.4. The van der Waals surface area contributed by atoms with Crippen LogP contribution in [0.5, 0.6) is 17.2 Å². The van der Waals surface area contributed by atoms with Gasteiger partial charge in [0.15, 0.2) is 18.1 Å². The van der Waals surface area contributed by atoms with Crippen LogP contribution in [0, 0.1) is 18.3 Å². The van der Waals surface area contributed by atoms with Crippen molar-refractivity contribution in [2.45, 2.75) is 6.92 Å². The van der Waals surface area contributed by atoms with E-state index >= 15 is 0 Å².